The van der Waals surface area contributed by atoms with Crippen LogP contribution in [0.3, 0.4) is 0 Å². The van der Waals surface area contributed by atoms with Gasteiger partial charge in [0.05, 0.1) is 11.4 Å². The van der Waals surface area contributed by atoms with Crippen LogP contribution in [0.1, 0.15) is 55.2 Å². The first-order valence-electron chi connectivity index (χ1n) is 9.07. The van der Waals surface area contributed by atoms with Crippen molar-refractivity contribution >= 4 is 17.5 Å². The highest BCUT2D eigenvalue weighted by atomic mass is 35.5. The van der Waals surface area contributed by atoms with E-state index in [9.17, 15) is 4.79 Å². The minimum absolute atomic E-state index is 0.0112. The van der Waals surface area contributed by atoms with Gasteiger partial charge in [-0.25, -0.2) is 4.68 Å². The molecule has 1 atom stereocenters. The van der Waals surface area contributed by atoms with Gasteiger partial charge in [0.25, 0.3) is 5.91 Å². The van der Waals surface area contributed by atoms with Gasteiger partial charge in [-0.3, -0.25) is 4.79 Å². The number of aromatic nitrogens is 3. The maximum atomic E-state index is 12.9. The molecule has 1 unspecified atom stereocenters. The summed E-state index contributed by atoms with van der Waals surface area (Å²) in [4.78, 5) is 14.9. The van der Waals surface area contributed by atoms with Gasteiger partial charge in [-0.2, -0.15) is 0 Å². The lowest BCUT2D eigenvalue weighted by Gasteiger charge is -2.19. The van der Waals surface area contributed by atoms with Crippen molar-refractivity contribution in [3.05, 3.63) is 40.7 Å². The van der Waals surface area contributed by atoms with Crippen LogP contribution in [0.15, 0.2) is 24.3 Å². The third-order valence-corrected chi connectivity index (χ3v) is 5.22. The predicted octanol–water partition coefficient (Wildman–Crippen LogP) is 4.27. The maximum absolute atomic E-state index is 12.9. The van der Waals surface area contributed by atoms with E-state index in [0.717, 1.165) is 43.2 Å². The van der Waals surface area contributed by atoms with E-state index in [2.05, 4.69) is 17.2 Å². The second kappa shape index (κ2) is 8.00. The molecule has 1 aromatic heterocycles. The number of benzene rings is 1. The fourth-order valence-corrected chi connectivity index (χ4v) is 3.78. The number of hydrogen-bond acceptors (Lipinski definition) is 3. The van der Waals surface area contributed by atoms with Crippen molar-refractivity contribution in [1.82, 2.24) is 19.9 Å². The molecule has 2 heterocycles. The van der Waals surface area contributed by atoms with Crippen molar-refractivity contribution in [1.29, 1.82) is 0 Å². The number of amides is 1. The first-order chi connectivity index (χ1) is 12.1. The summed E-state index contributed by atoms with van der Waals surface area (Å²) in [5.41, 5.74) is 2.01. The van der Waals surface area contributed by atoms with Gasteiger partial charge in [-0.15, -0.1) is 5.10 Å². The average Bonchev–Trinajstić information content (AvgIpc) is 2.83. The zero-order valence-corrected chi connectivity index (χ0v) is 15.7. The lowest BCUT2D eigenvalue weighted by Crippen LogP contribution is -2.32. The molecule has 1 amide bonds. The van der Waals surface area contributed by atoms with E-state index in [1.54, 1.807) is 4.68 Å². The smallest absolute Gasteiger partial charge is 0.276 e. The van der Waals surface area contributed by atoms with Gasteiger partial charge < -0.3 is 4.90 Å². The molecule has 2 aromatic rings. The van der Waals surface area contributed by atoms with Gasteiger partial charge in [0.15, 0.2) is 5.69 Å². The largest absolute Gasteiger partial charge is 0.337 e. The van der Waals surface area contributed by atoms with Crippen molar-refractivity contribution in [2.45, 2.75) is 46.0 Å². The number of rotatable bonds is 4. The number of likely N-dealkylation sites (tertiary alicyclic amines) is 1. The minimum atomic E-state index is -0.0112. The summed E-state index contributed by atoms with van der Waals surface area (Å²) < 4.78 is 1.68. The predicted molar refractivity (Wildman–Crippen MR) is 99.3 cm³/mol. The van der Waals surface area contributed by atoms with Crippen molar-refractivity contribution in [3.8, 4) is 5.69 Å². The standard InChI is InChI=1S/C19H25ClN4O/c1-3-6-15-7-5-11-23(12-10-15)19(25)18-14(2)24(22-21-18)17-9-4-8-16(20)13-17/h4,8-9,13,15H,3,5-7,10-12H2,1-2H3. The summed E-state index contributed by atoms with van der Waals surface area (Å²) in [5, 5.41) is 8.97. The lowest BCUT2D eigenvalue weighted by atomic mass is 9.96. The zero-order chi connectivity index (χ0) is 17.8. The molecule has 3 rings (SSSR count). The Kier molecular flexibility index (Phi) is 5.74. The van der Waals surface area contributed by atoms with E-state index in [-0.39, 0.29) is 5.91 Å². The van der Waals surface area contributed by atoms with Crippen LogP contribution < -0.4 is 0 Å². The second-order valence-corrected chi connectivity index (χ2v) is 7.23. The fraction of sp³-hybridized carbons (Fsp3) is 0.526. The molecule has 1 aliphatic heterocycles. The topological polar surface area (TPSA) is 51.0 Å². The summed E-state index contributed by atoms with van der Waals surface area (Å²) in [6.45, 7) is 5.73. The Morgan fingerprint density at radius 2 is 2.16 bits per heavy atom. The van der Waals surface area contributed by atoms with Crippen molar-refractivity contribution < 1.29 is 4.79 Å². The van der Waals surface area contributed by atoms with Crippen molar-refractivity contribution in [2.75, 3.05) is 13.1 Å². The van der Waals surface area contributed by atoms with Gasteiger partial charge in [0.2, 0.25) is 0 Å². The summed E-state index contributed by atoms with van der Waals surface area (Å²) >= 11 is 6.06. The highest BCUT2D eigenvalue weighted by molar-refractivity contribution is 6.30. The molecule has 134 valence electrons. The van der Waals surface area contributed by atoms with Gasteiger partial charge in [0, 0.05) is 18.1 Å². The Morgan fingerprint density at radius 3 is 2.92 bits per heavy atom. The summed E-state index contributed by atoms with van der Waals surface area (Å²) in [6, 6.07) is 7.40. The molecule has 1 saturated heterocycles. The number of nitrogens with zero attached hydrogens (tertiary/aromatic N) is 4. The molecule has 1 aromatic carbocycles. The first-order valence-corrected chi connectivity index (χ1v) is 9.45. The first kappa shape index (κ1) is 17.9. The van der Waals surface area contributed by atoms with Crippen LogP contribution in [-0.2, 0) is 0 Å². The Hall–Kier alpha value is -1.88. The number of halogens is 1. The Bertz CT molecular complexity index is 743. The van der Waals surface area contributed by atoms with E-state index >= 15 is 0 Å². The van der Waals surface area contributed by atoms with E-state index in [0.29, 0.717) is 10.7 Å². The van der Waals surface area contributed by atoms with Crippen LogP contribution >= 0.6 is 11.6 Å². The molecule has 0 N–H and O–H groups in total. The van der Waals surface area contributed by atoms with Gasteiger partial charge >= 0.3 is 0 Å². The van der Waals surface area contributed by atoms with Crippen LogP contribution in [0.4, 0.5) is 0 Å². The number of carbonyl (C=O) groups is 1. The quantitative estimate of drug-likeness (QED) is 0.818. The highest BCUT2D eigenvalue weighted by Gasteiger charge is 2.25. The molecular formula is C19H25ClN4O. The van der Waals surface area contributed by atoms with Crippen LogP contribution in [0.25, 0.3) is 5.69 Å². The normalized spacial score (nSPS) is 18.2. The van der Waals surface area contributed by atoms with Gasteiger partial charge in [-0.1, -0.05) is 42.6 Å². The fourth-order valence-electron chi connectivity index (χ4n) is 3.60. The molecule has 6 heteroatoms. The third kappa shape index (κ3) is 4.03. The van der Waals surface area contributed by atoms with E-state index in [1.807, 2.05) is 36.1 Å². The molecule has 0 radical (unpaired) electrons. The molecule has 25 heavy (non-hydrogen) atoms. The summed E-state index contributed by atoms with van der Waals surface area (Å²) in [7, 11) is 0. The van der Waals surface area contributed by atoms with E-state index in [1.165, 1.54) is 19.3 Å². The van der Waals surface area contributed by atoms with Crippen LogP contribution in [-0.4, -0.2) is 38.9 Å². The number of carbonyl (C=O) groups excluding carboxylic acids is 1. The molecule has 1 aliphatic rings. The molecule has 1 fully saturated rings. The second-order valence-electron chi connectivity index (χ2n) is 6.79. The maximum Gasteiger partial charge on any atom is 0.276 e. The molecule has 0 spiro atoms. The average molecular weight is 361 g/mol. The molecule has 0 saturated carbocycles. The molecular weight excluding hydrogens is 336 g/mol. The summed E-state index contributed by atoms with van der Waals surface area (Å²) in [6.07, 6.45) is 5.84. The zero-order valence-electron chi connectivity index (χ0n) is 14.9. The van der Waals surface area contributed by atoms with E-state index in [4.69, 9.17) is 11.6 Å². The molecule has 0 bridgehead atoms. The molecule has 0 aliphatic carbocycles. The minimum Gasteiger partial charge on any atom is -0.337 e. The Morgan fingerprint density at radius 1 is 1.32 bits per heavy atom. The van der Waals surface area contributed by atoms with Crippen LogP contribution in [0.2, 0.25) is 5.02 Å². The monoisotopic (exact) mass is 360 g/mol. The molecule has 5 nitrogen and oxygen atoms in total. The van der Waals surface area contributed by atoms with Crippen LogP contribution in [0.5, 0.6) is 0 Å². The van der Waals surface area contributed by atoms with E-state index < -0.39 is 0 Å². The lowest BCUT2D eigenvalue weighted by molar-refractivity contribution is 0.0753. The third-order valence-electron chi connectivity index (χ3n) is 4.98. The summed E-state index contributed by atoms with van der Waals surface area (Å²) in [5.74, 6) is 0.731. The number of hydrogen-bond donors (Lipinski definition) is 0. The highest BCUT2D eigenvalue weighted by Crippen LogP contribution is 2.23. The van der Waals surface area contributed by atoms with Crippen LogP contribution in [0, 0.1) is 12.8 Å². The SMILES string of the molecule is CCCC1CCCN(C(=O)c2nnn(-c3cccc(Cl)c3)c2C)CC1. The van der Waals surface area contributed by atoms with Crippen molar-refractivity contribution in [2.24, 2.45) is 5.92 Å². The Balaban J connectivity index is 1.77. The van der Waals surface area contributed by atoms with Crippen molar-refractivity contribution in [3.63, 3.8) is 0 Å². The Labute approximate surface area is 154 Å². The van der Waals surface area contributed by atoms with Gasteiger partial charge in [0.1, 0.15) is 0 Å². The van der Waals surface area contributed by atoms with Gasteiger partial charge in [-0.05, 0) is 50.3 Å².